The van der Waals surface area contributed by atoms with Crippen LogP contribution in [0.2, 0.25) is 5.02 Å². The number of carbonyl (C=O) groups excluding carboxylic acids is 3. The Kier molecular flexibility index (Phi) is 5.47. The molecule has 6 rings (SSSR count). The number of hydrogen-bond acceptors (Lipinski definition) is 4. The molecule has 0 aromatic heterocycles. The summed E-state index contributed by atoms with van der Waals surface area (Å²) in [5.74, 6) is -2.31. The molecule has 2 saturated heterocycles. The fourth-order valence-corrected chi connectivity index (χ4v) is 6.51. The van der Waals surface area contributed by atoms with E-state index in [1.54, 1.807) is 12.1 Å². The van der Waals surface area contributed by atoms with Gasteiger partial charge in [-0.25, -0.2) is 0 Å². The Morgan fingerprint density at radius 1 is 0.917 bits per heavy atom. The van der Waals surface area contributed by atoms with Crippen LogP contribution in [0.5, 0.6) is 0 Å². The Balaban J connectivity index is 1.42. The van der Waals surface area contributed by atoms with E-state index < -0.39 is 17.4 Å². The van der Waals surface area contributed by atoms with E-state index >= 15 is 0 Å². The fourth-order valence-electron chi connectivity index (χ4n) is 6.24. The van der Waals surface area contributed by atoms with E-state index in [0.717, 1.165) is 16.7 Å². The lowest BCUT2D eigenvalue weighted by atomic mass is 9.76. The number of likely N-dealkylation sites (tertiary alicyclic amines) is 1. The molecule has 3 heterocycles. The van der Waals surface area contributed by atoms with Crippen LogP contribution in [0.1, 0.15) is 22.3 Å². The van der Waals surface area contributed by atoms with E-state index in [9.17, 15) is 14.4 Å². The monoisotopic (exact) mass is 499 g/mol. The second-order valence-electron chi connectivity index (χ2n) is 9.92. The van der Waals surface area contributed by atoms with Gasteiger partial charge in [-0.2, -0.15) is 0 Å². The summed E-state index contributed by atoms with van der Waals surface area (Å²) in [6.45, 7) is 2.16. The van der Waals surface area contributed by atoms with Crippen molar-refractivity contribution in [1.82, 2.24) is 10.2 Å². The largest absolute Gasteiger partial charge is 0.324 e. The predicted octanol–water partition coefficient (Wildman–Crippen LogP) is 3.85. The van der Waals surface area contributed by atoms with Crippen molar-refractivity contribution in [3.05, 3.63) is 100 Å². The molecule has 3 aromatic rings. The van der Waals surface area contributed by atoms with E-state index in [2.05, 4.69) is 10.6 Å². The number of halogens is 1. The summed E-state index contributed by atoms with van der Waals surface area (Å²) in [4.78, 5) is 42.8. The van der Waals surface area contributed by atoms with Crippen LogP contribution in [0.25, 0.3) is 0 Å². The molecule has 36 heavy (non-hydrogen) atoms. The third kappa shape index (κ3) is 3.39. The third-order valence-corrected chi connectivity index (χ3v) is 8.06. The zero-order valence-corrected chi connectivity index (χ0v) is 20.6. The molecule has 0 aliphatic carbocycles. The first-order valence-electron chi connectivity index (χ1n) is 12.2. The smallest absolute Gasteiger partial charge is 0.250 e. The molecule has 0 bridgehead atoms. The Bertz CT molecular complexity index is 1380. The Morgan fingerprint density at radius 2 is 1.58 bits per heavy atom. The van der Waals surface area contributed by atoms with E-state index in [1.807, 2.05) is 67.6 Å². The van der Waals surface area contributed by atoms with Gasteiger partial charge in [0.2, 0.25) is 17.7 Å². The van der Waals surface area contributed by atoms with Gasteiger partial charge in [0.05, 0.1) is 11.8 Å². The minimum atomic E-state index is -1.34. The van der Waals surface area contributed by atoms with Gasteiger partial charge in [-0.05, 0) is 48.6 Å². The number of hydrogen-bond donors (Lipinski definition) is 2. The lowest BCUT2D eigenvalue weighted by molar-refractivity contribution is -0.142. The first kappa shape index (κ1) is 23.0. The summed E-state index contributed by atoms with van der Waals surface area (Å²) in [6, 6.07) is 22.8. The molecule has 0 radical (unpaired) electrons. The first-order valence-corrected chi connectivity index (χ1v) is 12.6. The summed E-state index contributed by atoms with van der Waals surface area (Å²) < 4.78 is 0. The Labute approximate surface area is 214 Å². The molecule has 7 heteroatoms. The zero-order chi connectivity index (χ0) is 25.0. The highest BCUT2D eigenvalue weighted by Crippen LogP contribution is 2.54. The molecule has 2 N–H and O–H groups in total. The zero-order valence-electron chi connectivity index (χ0n) is 19.8. The molecule has 4 atom stereocenters. The fraction of sp³-hybridized carbons (Fsp3) is 0.276. The van der Waals surface area contributed by atoms with Gasteiger partial charge in [0.25, 0.3) is 0 Å². The van der Waals surface area contributed by atoms with Gasteiger partial charge in [0, 0.05) is 28.9 Å². The highest BCUT2D eigenvalue weighted by Gasteiger charge is 2.70. The van der Waals surface area contributed by atoms with Crippen LogP contribution in [-0.2, 0) is 32.8 Å². The number of fused-ring (bicyclic) bond motifs is 4. The number of rotatable bonds is 5. The van der Waals surface area contributed by atoms with E-state index in [1.165, 1.54) is 4.90 Å². The number of nitrogens with one attached hydrogen (secondary N) is 2. The summed E-state index contributed by atoms with van der Waals surface area (Å²) in [5.41, 5.74) is 2.88. The maximum absolute atomic E-state index is 14.0. The molecular weight excluding hydrogens is 474 g/mol. The lowest BCUT2D eigenvalue weighted by Gasteiger charge is -2.29. The van der Waals surface area contributed by atoms with Crippen LogP contribution in [0.4, 0.5) is 5.69 Å². The molecule has 6 nitrogen and oxygen atoms in total. The molecule has 3 aliphatic rings. The first-order chi connectivity index (χ1) is 17.4. The van der Waals surface area contributed by atoms with E-state index in [-0.39, 0.29) is 30.3 Å². The number of benzene rings is 3. The number of aryl methyl sites for hydroxylation is 1. The van der Waals surface area contributed by atoms with Gasteiger partial charge in [-0.1, -0.05) is 72.3 Å². The van der Waals surface area contributed by atoms with Gasteiger partial charge >= 0.3 is 0 Å². The number of anilines is 1. The summed E-state index contributed by atoms with van der Waals surface area (Å²) in [6.07, 6.45) is 1.09. The predicted molar refractivity (Wildman–Crippen MR) is 137 cm³/mol. The standard InChI is InChI=1S/C29H26ClN3O3/c1-17-14-20(30)16-21-25(17)31-28(36)29(21)24-23(22(32-29)15-19-10-6-3-7-11-19)26(34)33(27(24)35)13-12-18-8-4-2-5-9-18/h2-11,14,16,22-24,32H,12-13,15H2,1H3,(H,31,36)/t22-,23-,24+,29+/m1/s1. The van der Waals surface area contributed by atoms with Crippen LogP contribution in [-0.4, -0.2) is 35.2 Å². The minimum Gasteiger partial charge on any atom is -0.324 e. The van der Waals surface area contributed by atoms with E-state index in [0.29, 0.717) is 29.1 Å². The number of carbonyl (C=O) groups is 3. The quantitative estimate of drug-likeness (QED) is 0.523. The molecule has 0 saturated carbocycles. The number of amides is 3. The summed E-state index contributed by atoms with van der Waals surface area (Å²) in [7, 11) is 0. The molecule has 3 aromatic carbocycles. The van der Waals surface area contributed by atoms with Crippen LogP contribution in [0, 0.1) is 18.8 Å². The Hall–Kier alpha value is -3.48. The van der Waals surface area contributed by atoms with Gasteiger partial charge in [-0.3, -0.25) is 24.6 Å². The van der Waals surface area contributed by atoms with Crippen molar-refractivity contribution in [2.45, 2.75) is 31.3 Å². The van der Waals surface area contributed by atoms with Crippen LogP contribution in [0.3, 0.4) is 0 Å². The summed E-state index contributed by atoms with van der Waals surface area (Å²) in [5, 5.41) is 6.97. The second-order valence-corrected chi connectivity index (χ2v) is 10.4. The second kappa shape index (κ2) is 8.57. The molecule has 1 spiro atoms. The average molecular weight is 500 g/mol. The SMILES string of the molecule is Cc1cc(Cl)cc2c1NC(=O)[C@]21N[C@H](Cc2ccccc2)[C@H]2C(=O)N(CCc3ccccc3)C(=O)[C@H]21. The lowest BCUT2D eigenvalue weighted by Crippen LogP contribution is -2.53. The van der Waals surface area contributed by atoms with Gasteiger partial charge in [0.1, 0.15) is 5.54 Å². The van der Waals surface area contributed by atoms with Crippen molar-refractivity contribution >= 4 is 35.0 Å². The normalized spacial score (nSPS) is 26.4. The van der Waals surface area contributed by atoms with Crippen molar-refractivity contribution in [1.29, 1.82) is 0 Å². The van der Waals surface area contributed by atoms with Crippen LogP contribution < -0.4 is 10.6 Å². The van der Waals surface area contributed by atoms with Gasteiger partial charge < -0.3 is 5.32 Å². The number of nitrogens with zero attached hydrogens (tertiary/aromatic N) is 1. The average Bonchev–Trinajstić information content (AvgIpc) is 3.44. The minimum absolute atomic E-state index is 0.216. The van der Waals surface area contributed by atoms with Gasteiger partial charge in [0.15, 0.2) is 0 Å². The summed E-state index contributed by atoms with van der Waals surface area (Å²) >= 11 is 6.43. The molecule has 3 amide bonds. The molecule has 3 aliphatic heterocycles. The number of imide groups is 1. The third-order valence-electron chi connectivity index (χ3n) is 7.84. The topological polar surface area (TPSA) is 78.5 Å². The Morgan fingerprint density at radius 3 is 2.28 bits per heavy atom. The van der Waals surface area contributed by atoms with Crippen molar-refractivity contribution in [3.8, 4) is 0 Å². The van der Waals surface area contributed by atoms with Crippen molar-refractivity contribution in [3.63, 3.8) is 0 Å². The van der Waals surface area contributed by atoms with Crippen LogP contribution >= 0.6 is 11.6 Å². The van der Waals surface area contributed by atoms with Gasteiger partial charge in [-0.15, -0.1) is 0 Å². The van der Waals surface area contributed by atoms with Crippen molar-refractivity contribution in [2.75, 3.05) is 11.9 Å². The maximum atomic E-state index is 14.0. The highest BCUT2D eigenvalue weighted by atomic mass is 35.5. The van der Waals surface area contributed by atoms with E-state index in [4.69, 9.17) is 11.6 Å². The molecule has 0 unspecified atom stereocenters. The molecule has 182 valence electrons. The highest BCUT2D eigenvalue weighted by molar-refractivity contribution is 6.31. The molecular formula is C29H26ClN3O3. The molecule has 2 fully saturated rings. The van der Waals surface area contributed by atoms with Crippen LogP contribution in [0.15, 0.2) is 72.8 Å². The maximum Gasteiger partial charge on any atom is 0.250 e. The van der Waals surface area contributed by atoms with Crippen molar-refractivity contribution < 1.29 is 14.4 Å². The van der Waals surface area contributed by atoms with Crippen molar-refractivity contribution in [2.24, 2.45) is 11.8 Å².